The van der Waals surface area contributed by atoms with E-state index in [2.05, 4.69) is 56.9 Å². The summed E-state index contributed by atoms with van der Waals surface area (Å²) in [5, 5.41) is 3.12. The number of hydrogen-bond acceptors (Lipinski definition) is 2. The first-order chi connectivity index (χ1) is 7.51. The molecule has 88 valence electrons. The molecule has 0 aliphatic heterocycles. The highest BCUT2D eigenvalue weighted by Gasteiger charge is 2.09. The molecule has 2 heteroatoms. The van der Waals surface area contributed by atoms with Crippen LogP contribution in [0, 0.1) is 6.92 Å². The Bertz CT molecular complexity index is 392. The quantitative estimate of drug-likeness (QED) is 0.836. The Kier molecular flexibility index (Phi) is 3.99. The summed E-state index contributed by atoms with van der Waals surface area (Å²) in [7, 11) is 6.07. The van der Waals surface area contributed by atoms with E-state index in [4.69, 9.17) is 0 Å². The minimum atomic E-state index is 0.991. The maximum atomic E-state index is 4.04. The summed E-state index contributed by atoms with van der Waals surface area (Å²) in [6.07, 6.45) is 1.02. The van der Waals surface area contributed by atoms with Crippen LogP contribution in [0.1, 0.15) is 23.6 Å². The molecule has 0 atom stereocenters. The van der Waals surface area contributed by atoms with Crippen LogP contribution in [0.5, 0.6) is 0 Å². The number of nitrogens with one attached hydrogen (secondary N) is 1. The molecule has 0 aliphatic carbocycles. The van der Waals surface area contributed by atoms with Gasteiger partial charge in [-0.2, -0.15) is 0 Å². The first-order valence-electron chi connectivity index (χ1n) is 5.69. The Labute approximate surface area is 99.0 Å². The van der Waals surface area contributed by atoms with Crippen LogP contribution in [-0.2, 0) is 6.42 Å². The van der Waals surface area contributed by atoms with Crippen LogP contribution in [0.25, 0.3) is 5.70 Å². The molecule has 0 radical (unpaired) electrons. The third-order valence-electron chi connectivity index (χ3n) is 2.91. The number of benzene rings is 1. The molecule has 0 amide bonds. The lowest BCUT2D eigenvalue weighted by Crippen LogP contribution is -2.12. The third-order valence-corrected chi connectivity index (χ3v) is 2.91. The van der Waals surface area contributed by atoms with Crippen LogP contribution in [0.3, 0.4) is 0 Å². The van der Waals surface area contributed by atoms with Crippen molar-refractivity contribution < 1.29 is 0 Å². The highest BCUT2D eigenvalue weighted by atomic mass is 15.1. The zero-order valence-corrected chi connectivity index (χ0v) is 11.0. The van der Waals surface area contributed by atoms with E-state index in [1.54, 1.807) is 0 Å². The van der Waals surface area contributed by atoms with Gasteiger partial charge in [-0.3, -0.25) is 0 Å². The summed E-state index contributed by atoms with van der Waals surface area (Å²) in [6, 6.07) is 4.47. The molecule has 0 spiro atoms. The maximum absolute atomic E-state index is 4.04. The molecule has 0 aromatic heterocycles. The summed E-state index contributed by atoms with van der Waals surface area (Å²) < 4.78 is 0. The molecule has 1 rings (SSSR count). The van der Waals surface area contributed by atoms with E-state index in [1.165, 1.54) is 22.4 Å². The molecule has 2 nitrogen and oxygen atoms in total. The van der Waals surface area contributed by atoms with Crippen molar-refractivity contribution >= 4 is 11.4 Å². The molecule has 1 aromatic rings. The normalized spacial score (nSPS) is 10.1. The van der Waals surface area contributed by atoms with Gasteiger partial charge in [-0.25, -0.2) is 0 Å². The fraction of sp³-hybridized carbons (Fsp3) is 0.429. The topological polar surface area (TPSA) is 15.3 Å². The van der Waals surface area contributed by atoms with E-state index in [0.717, 1.165) is 12.1 Å². The molecule has 0 heterocycles. The lowest BCUT2D eigenvalue weighted by Gasteiger charge is -2.20. The molecule has 0 fully saturated rings. The number of rotatable bonds is 4. The minimum Gasteiger partial charge on any atom is -0.388 e. The van der Waals surface area contributed by atoms with Crippen LogP contribution in [-0.4, -0.2) is 21.1 Å². The van der Waals surface area contributed by atoms with Crippen molar-refractivity contribution in [3.05, 3.63) is 35.4 Å². The zero-order valence-electron chi connectivity index (χ0n) is 11.0. The van der Waals surface area contributed by atoms with Crippen LogP contribution < -0.4 is 10.2 Å². The van der Waals surface area contributed by atoms with Crippen molar-refractivity contribution in [3.63, 3.8) is 0 Å². The van der Waals surface area contributed by atoms with Crippen LogP contribution in [0.2, 0.25) is 0 Å². The number of aryl methyl sites for hydroxylation is 2. The van der Waals surface area contributed by atoms with Crippen molar-refractivity contribution in [2.24, 2.45) is 0 Å². The molecule has 0 unspecified atom stereocenters. The summed E-state index contributed by atoms with van der Waals surface area (Å²) in [5.41, 5.74) is 6.13. The number of anilines is 1. The van der Waals surface area contributed by atoms with Crippen molar-refractivity contribution in [3.8, 4) is 0 Å². The van der Waals surface area contributed by atoms with Crippen molar-refractivity contribution in [2.45, 2.75) is 20.3 Å². The summed E-state index contributed by atoms with van der Waals surface area (Å²) in [6.45, 7) is 8.36. The zero-order chi connectivity index (χ0) is 12.3. The van der Waals surface area contributed by atoms with Crippen LogP contribution >= 0.6 is 0 Å². The first-order valence-corrected chi connectivity index (χ1v) is 5.69. The van der Waals surface area contributed by atoms with E-state index in [0.29, 0.717) is 0 Å². The van der Waals surface area contributed by atoms with Gasteiger partial charge in [-0.1, -0.05) is 13.5 Å². The summed E-state index contributed by atoms with van der Waals surface area (Å²) in [4.78, 5) is 2.15. The SMILES string of the molecule is C=C(NC)c1cc(C)c(N(C)C)cc1CC. The van der Waals surface area contributed by atoms with Gasteiger partial charge in [-0.15, -0.1) is 0 Å². The highest BCUT2D eigenvalue weighted by Crippen LogP contribution is 2.26. The van der Waals surface area contributed by atoms with E-state index in [-0.39, 0.29) is 0 Å². The van der Waals surface area contributed by atoms with Gasteiger partial charge in [0.1, 0.15) is 0 Å². The third kappa shape index (κ3) is 2.38. The second-order valence-electron chi connectivity index (χ2n) is 4.27. The fourth-order valence-electron chi connectivity index (χ4n) is 1.93. The van der Waals surface area contributed by atoms with Gasteiger partial charge in [-0.05, 0) is 36.6 Å². The lowest BCUT2D eigenvalue weighted by atomic mass is 9.98. The minimum absolute atomic E-state index is 0.991. The molecular formula is C14H22N2. The van der Waals surface area contributed by atoms with Gasteiger partial charge >= 0.3 is 0 Å². The number of nitrogens with zero attached hydrogens (tertiary/aromatic N) is 1. The Morgan fingerprint density at radius 1 is 1.38 bits per heavy atom. The van der Waals surface area contributed by atoms with Gasteiger partial charge < -0.3 is 10.2 Å². The van der Waals surface area contributed by atoms with E-state index < -0.39 is 0 Å². The molecule has 0 bridgehead atoms. The molecule has 16 heavy (non-hydrogen) atoms. The van der Waals surface area contributed by atoms with E-state index in [1.807, 2.05) is 7.05 Å². The average molecular weight is 218 g/mol. The van der Waals surface area contributed by atoms with Crippen molar-refractivity contribution in [1.82, 2.24) is 5.32 Å². The summed E-state index contributed by atoms with van der Waals surface area (Å²) in [5.74, 6) is 0. The molecule has 0 aliphatic rings. The molecule has 1 aromatic carbocycles. The molecule has 0 saturated carbocycles. The molecule has 1 N–H and O–H groups in total. The smallest absolute Gasteiger partial charge is 0.0393 e. The monoisotopic (exact) mass is 218 g/mol. The Morgan fingerprint density at radius 2 is 2.00 bits per heavy atom. The van der Waals surface area contributed by atoms with Crippen LogP contribution in [0.4, 0.5) is 5.69 Å². The van der Waals surface area contributed by atoms with Gasteiger partial charge in [0.2, 0.25) is 0 Å². The maximum Gasteiger partial charge on any atom is 0.0393 e. The van der Waals surface area contributed by atoms with Crippen LogP contribution in [0.15, 0.2) is 18.7 Å². The average Bonchev–Trinajstić information content (AvgIpc) is 2.27. The first kappa shape index (κ1) is 12.6. The van der Waals surface area contributed by atoms with E-state index in [9.17, 15) is 0 Å². The molecule has 0 saturated heterocycles. The molecular weight excluding hydrogens is 196 g/mol. The second kappa shape index (κ2) is 5.06. The Hall–Kier alpha value is -1.44. The second-order valence-corrected chi connectivity index (χ2v) is 4.27. The summed E-state index contributed by atoms with van der Waals surface area (Å²) >= 11 is 0. The van der Waals surface area contributed by atoms with Crippen molar-refractivity contribution in [2.75, 3.05) is 26.0 Å². The lowest BCUT2D eigenvalue weighted by molar-refractivity contribution is 1.05. The largest absolute Gasteiger partial charge is 0.388 e. The standard InChI is InChI=1S/C14H22N2/c1-7-12-9-14(16(5)6)10(2)8-13(12)11(3)15-4/h8-9,15H,3,7H2,1-2,4-6H3. The van der Waals surface area contributed by atoms with Gasteiger partial charge in [0.05, 0.1) is 0 Å². The Balaban J connectivity index is 3.32. The fourth-order valence-corrected chi connectivity index (χ4v) is 1.93. The highest BCUT2D eigenvalue weighted by molar-refractivity contribution is 5.70. The Morgan fingerprint density at radius 3 is 2.44 bits per heavy atom. The van der Waals surface area contributed by atoms with E-state index >= 15 is 0 Å². The van der Waals surface area contributed by atoms with Gasteiger partial charge in [0, 0.05) is 38.1 Å². The number of hydrogen-bond donors (Lipinski definition) is 1. The van der Waals surface area contributed by atoms with Crippen molar-refractivity contribution in [1.29, 1.82) is 0 Å². The van der Waals surface area contributed by atoms with Gasteiger partial charge in [0.15, 0.2) is 0 Å². The van der Waals surface area contributed by atoms with Gasteiger partial charge in [0.25, 0.3) is 0 Å². The predicted molar refractivity (Wildman–Crippen MR) is 73.0 cm³/mol. The predicted octanol–water partition coefficient (Wildman–Crippen LogP) is 2.81.